The van der Waals surface area contributed by atoms with Gasteiger partial charge in [-0.1, -0.05) is 36.4 Å². The van der Waals surface area contributed by atoms with Gasteiger partial charge in [0.2, 0.25) is 5.91 Å². The number of carbonyl (C=O) groups excluding carboxylic acids is 1. The van der Waals surface area contributed by atoms with Crippen LogP contribution < -0.4 is 10.9 Å². The highest BCUT2D eigenvalue weighted by Crippen LogP contribution is 2.25. The molecule has 0 saturated heterocycles. The first kappa shape index (κ1) is 18.5. The maximum absolute atomic E-state index is 12.7. The second kappa shape index (κ2) is 7.98. The van der Waals surface area contributed by atoms with E-state index < -0.39 is 5.56 Å². The van der Waals surface area contributed by atoms with Crippen molar-refractivity contribution < 1.29 is 4.79 Å². The monoisotopic (exact) mass is 378 g/mol. The Kier molecular flexibility index (Phi) is 5.48. The summed E-state index contributed by atoms with van der Waals surface area (Å²) in [6.07, 6.45) is 0. The zero-order valence-electron chi connectivity index (χ0n) is 15.0. The first-order chi connectivity index (χ1) is 13.0. The number of aromatic nitrogens is 2. The van der Waals surface area contributed by atoms with Crippen molar-refractivity contribution in [3.8, 4) is 6.07 Å². The lowest BCUT2D eigenvalue weighted by molar-refractivity contribution is -0.122. The minimum atomic E-state index is -0.553. The molecule has 0 spiro atoms. The van der Waals surface area contributed by atoms with Gasteiger partial charge in [0, 0.05) is 4.88 Å². The van der Waals surface area contributed by atoms with Gasteiger partial charge in [-0.3, -0.25) is 9.59 Å². The van der Waals surface area contributed by atoms with E-state index in [0.29, 0.717) is 11.3 Å². The molecule has 2 heterocycles. The van der Waals surface area contributed by atoms with E-state index in [4.69, 9.17) is 0 Å². The molecule has 136 valence electrons. The Morgan fingerprint density at radius 2 is 2.00 bits per heavy atom. The molecule has 7 heteroatoms. The Balaban J connectivity index is 1.87. The Labute approximate surface area is 160 Å². The van der Waals surface area contributed by atoms with Crippen LogP contribution in [0.3, 0.4) is 0 Å². The molecule has 2 aromatic heterocycles. The van der Waals surface area contributed by atoms with Gasteiger partial charge in [0.25, 0.3) is 5.56 Å². The number of rotatable bonds is 5. The van der Waals surface area contributed by atoms with Gasteiger partial charge in [0.05, 0.1) is 11.7 Å². The average Bonchev–Trinajstić information content (AvgIpc) is 3.20. The minimum Gasteiger partial charge on any atom is -0.343 e. The van der Waals surface area contributed by atoms with Crippen molar-refractivity contribution in [2.24, 2.45) is 0 Å². The summed E-state index contributed by atoms with van der Waals surface area (Å²) in [5.74, 6) is -0.348. The molecular weight excluding hydrogens is 360 g/mol. The topological polar surface area (TPSA) is 87.8 Å². The number of hydrogen-bond acceptors (Lipinski definition) is 5. The van der Waals surface area contributed by atoms with Crippen molar-refractivity contribution in [1.29, 1.82) is 5.26 Å². The van der Waals surface area contributed by atoms with Crippen LogP contribution in [-0.4, -0.2) is 15.7 Å². The molecule has 0 aliphatic carbocycles. The van der Waals surface area contributed by atoms with E-state index in [-0.39, 0.29) is 24.1 Å². The molecular formula is C20H18N4O2S. The van der Waals surface area contributed by atoms with Crippen LogP contribution in [0, 0.1) is 25.2 Å². The fourth-order valence-corrected chi connectivity index (χ4v) is 3.58. The lowest BCUT2D eigenvalue weighted by atomic mass is 10.1. The number of aryl methyl sites for hydroxylation is 1. The summed E-state index contributed by atoms with van der Waals surface area (Å²) in [4.78, 5) is 26.0. The highest BCUT2D eigenvalue weighted by Gasteiger charge is 2.19. The maximum Gasteiger partial charge on any atom is 0.285 e. The summed E-state index contributed by atoms with van der Waals surface area (Å²) < 4.78 is 1.05. The first-order valence-corrected chi connectivity index (χ1v) is 9.25. The summed E-state index contributed by atoms with van der Waals surface area (Å²) in [7, 11) is 0. The van der Waals surface area contributed by atoms with E-state index in [1.54, 1.807) is 25.2 Å². The van der Waals surface area contributed by atoms with Crippen LogP contribution in [0.1, 0.15) is 33.3 Å². The van der Waals surface area contributed by atoms with Crippen LogP contribution in [0.5, 0.6) is 0 Å². The van der Waals surface area contributed by atoms with E-state index in [1.807, 2.05) is 53.9 Å². The zero-order chi connectivity index (χ0) is 19.4. The van der Waals surface area contributed by atoms with Crippen LogP contribution >= 0.6 is 11.3 Å². The second-order valence-electron chi connectivity index (χ2n) is 6.09. The van der Waals surface area contributed by atoms with Gasteiger partial charge in [0.15, 0.2) is 0 Å². The Morgan fingerprint density at radius 3 is 2.63 bits per heavy atom. The average molecular weight is 378 g/mol. The molecule has 0 bridgehead atoms. The molecule has 0 aliphatic rings. The van der Waals surface area contributed by atoms with Crippen LogP contribution in [-0.2, 0) is 11.3 Å². The molecule has 0 aliphatic heterocycles. The molecule has 0 radical (unpaired) electrons. The van der Waals surface area contributed by atoms with Gasteiger partial charge in [-0.05, 0) is 36.4 Å². The Bertz CT molecular complexity index is 1050. The fraction of sp³-hybridized carbons (Fsp3) is 0.200. The van der Waals surface area contributed by atoms with Gasteiger partial charge >= 0.3 is 0 Å². The number of carbonyl (C=O) groups is 1. The number of benzene rings is 1. The Morgan fingerprint density at radius 1 is 1.26 bits per heavy atom. The van der Waals surface area contributed by atoms with Gasteiger partial charge in [-0.2, -0.15) is 10.4 Å². The second-order valence-corrected chi connectivity index (χ2v) is 7.07. The highest BCUT2D eigenvalue weighted by molar-refractivity contribution is 7.10. The SMILES string of the molecule is Cc1nn(CC(=O)N[C@H](c2ccccc2)c2cccs2)c(=O)c(C#N)c1C. The maximum atomic E-state index is 12.7. The predicted octanol–water partition coefficient (Wildman–Crippen LogP) is 2.70. The molecule has 3 aromatic rings. The molecule has 1 atom stereocenters. The molecule has 1 N–H and O–H groups in total. The third kappa shape index (κ3) is 3.96. The van der Waals surface area contributed by atoms with Crippen molar-refractivity contribution >= 4 is 17.2 Å². The highest BCUT2D eigenvalue weighted by atomic mass is 32.1. The Hall–Kier alpha value is -3.24. The number of nitriles is 1. The smallest absolute Gasteiger partial charge is 0.285 e. The molecule has 27 heavy (non-hydrogen) atoms. The molecule has 0 saturated carbocycles. The number of nitrogens with one attached hydrogen (secondary N) is 1. The van der Waals surface area contributed by atoms with E-state index in [1.165, 1.54) is 0 Å². The largest absolute Gasteiger partial charge is 0.343 e. The third-order valence-electron chi connectivity index (χ3n) is 4.31. The van der Waals surface area contributed by atoms with Crippen LogP contribution in [0.4, 0.5) is 0 Å². The van der Waals surface area contributed by atoms with Crippen molar-refractivity contribution in [2.75, 3.05) is 0 Å². The quantitative estimate of drug-likeness (QED) is 0.739. The molecule has 6 nitrogen and oxygen atoms in total. The first-order valence-electron chi connectivity index (χ1n) is 8.37. The fourth-order valence-electron chi connectivity index (χ4n) is 2.77. The van der Waals surface area contributed by atoms with Gasteiger partial charge in [0.1, 0.15) is 18.2 Å². The van der Waals surface area contributed by atoms with Crippen LogP contribution in [0.2, 0.25) is 0 Å². The van der Waals surface area contributed by atoms with Gasteiger partial charge < -0.3 is 5.32 Å². The number of amides is 1. The summed E-state index contributed by atoms with van der Waals surface area (Å²) in [5, 5.41) is 18.3. The number of nitrogens with zero attached hydrogens (tertiary/aromatic N) is 3. The molecule has 3 rings (SSSR count). The molecule has 1 amide bonds. The normalized spacial score (nSPS) is 11.6. The summed E-state index contributed by atoms with van der Waals surface area (Å²) in [6, 6.07) is 15.1. The van der Waals surface area contributed by atoms with E-state index in [9.17, 15) is 14.9 Å². The summed E-state index contributed by atoms with van der Waals surface area (Å²) in [5.41, 5.74) is 1.51. The number of thiophene rings is 1. The van der Waals surface area contributed by atoms with E-state index in [2.05, 4.69) is 10.4 Å². The van der Waals surface area contributed by atoms with Crippen molar-refractivity contribution in [3.63, 3.8) is 0 Å². The zero-order valence-corrected chi connectivity index (χ0v) is 15.8. The molecule has 1 aromatic carbocycles. The van der Waals surface area contributed by atoms with Crippen LogP contribution in [0.25, 0.3) is 0 Å². The van der Waals surface area contributed by atoms with Gasteiger partial charge in [-0.25, -0.2) is 4.68 Å². The van der Waals surface area contributed by atoms with Gasteiger partial charge in [-0.15, -0.1) is 11.3 Å². The summed E-state index contributed by atoms with van der Waals surface area (Å²) in [6.45, 7) is 3.14. The summed E-state index contributed by atoms with van der Waals surface area (Å²) >= 11 is 1.55. The minimum absolute atomic E-state index is 0.0215. The predicted molar refractivity (Wildman–Crippen MR) is 103 cm³/mol. The lowest BCUT2D eigenvalue weighted by Crippen LogP contribution is -2.37. The van der Waals surface area contributed by atoms with Crippen molar-refractivity contribution in [1.82, 2.24) is 15.1 Å². The molecule has 0 fully saturated rings. The van der Waals surface area contributed by atoms with Crippen molar-refractivity contribution in [3.05, 3.63) is 85.5 Å². The van der Waals surface area contributed by atoms with E-state index in [0.717, 1.165) is 15.1 Å². The standard InChI is InChI=1S/C20H18N4O2S/c1-13-14(2)23-24(20(26)16(13)11-21)12-18(25)22-19(17-9-6-10-27-17)15-7-4-3-5-8-15/h3-10,19H,12H2,1-2H3,(H,22,25)/t19-/m1/s1. The van der Waals surface area contributed by atoms with E-state index >= 15 is 0 Å². The van der Waals surface area contributed by atoms with Crippen molar-refractivity contribution in [2.45, 2.75) is 26.4 Å². The van der Waals surface area contributed by atoms with Crippen LogP contribution in [0.15, 0.2) is 52.6 Å². The molecule has 0 unspecified atom stereocenters. The number of hydrogen-bond donors (Lipinski definition) is 1. The lowest BCUT2D eigenvalue weighted by Gasteiger charge is -2.18. The third-order valence-corrected chi connectivity index (χ3v) is 5.24.